The molecule has 0 aliphatic carbocycles. The quantitative estimate of drug-likeness (QED) is 0.298. The number of aryl methyl sites for hydroxylation is 1. The molecule has 0 radical (unpaired) electrons. The maximum Gasteiger partial charge on any atom is 0.146 e. The minimum Gasteiger partial charge on any atom is -0.497 e. The van der Waals surface area contributed by atoms with Gasteiger partial charge in [-0.25, -0.2) is 4.98 Å². The number of benzene rings is 3. The predicted octanol–water partition coefficient (Wildman–Crippen LogP) is 6.52. The highest BCUT2D eigenvalue weighted by atomic mass is 32.2. The molecule has 0 spiro atoms. The van der Waals surface area contributed by atoms with Crippen LogP contribution >= 0.6 is 23.1 Å². The van der Waals surface area contributed by atoms with Crippen molar-refractivity contribution in [2.24, 2.45) is 0 Å². The van der Waals surface area contributed by atoms with Gasteiger partial charge in [0.2, 0.25) is 0 Å². The maximum absolute atomic E-state index is 5.27. The van der Waals surface area contributed by atoms with Crippen LogP contribution in [0, 0.1) is 6.92 Å². The molecule has 0 saturated heterocycles. The summed E-state index contributed by atoms with van der Waals surface area (Å²) < 4.78 is 6.35. The second-order valence-corrected chi connectivity index (χ2v) is 9.09. The van der Waals surface area contributed by atoms with E-state index in [1.807, 2.05) is 31.2 Å². The normalized spacial score (nSPS) is 11.3. The largest absolute Gasteiger partial charge is 0.497 e. The summed E-state index contributed by atoms with van der Waals surface area (Å²) in [6.45, 7) is 2.03. The average molecular weight is 430 g/mol. The van der Waals surface area contributed by atoms with Crippen LogP contribution in [0.15, 0.2) is 71.8 Å². The second kappa shape index (κ2) is 8.05. The molecule has 0 N–H and O–H groups in total. The Kier molecular flexibility index (Phi) is 5.11. The van der Waals surface area contributed by atoms with Crippen molar-refractivity contribution in [2.75, 3.05) is 7.11 Å². The van der Waals surface area contributed by atoms with Crippen molar-refractivity contribution >= 4 is 44.1 Å². The zero-order valence-electron chi connectivity index (χ0n) is 16.6. The Hall–Kier alpha value is -2.96. The molecule has 6 heteroatoms. The summed E-state index contributed by atoms with van der Waals surface area (Å²) in [5, 5.41) is 13.6. The third kappa shape index (κ3) is 3.53. The number of methoxy groups -OCH3 is 1. The number of ether oxygens (including phenoxy) is 1. The summed E-state index contributed by atoms with van der Waals surface area (Å²) in [4.78, 5) is 4.78. The fraction of sp³-hybridized carbons (Fsp3) is 0.125. The second-order valence-electron chi connectivity index (χ2n) is 6.92. The van der Waals surface area contributed by atoms with Gasteiger partial charge in [0, 0.05) is 11.3 Å². The number of hydrogen-bond donors (Lipinski definition) is 0. The molecule has 0 aliphatic heterocycles. The van der Waals surface area contributed by atoms with Gasteiger partial charge in [0.25, 0.3) is 0 Å². The lowest BCUT2D eigenvalue weighted by molar-refractivity contribution is 0.415. The molecular formula is C24H19N3OS2. The maximum atomic E-state index is 5.27. The average Bonchev–Trinajstić information content (AvgIpc) is 3.19. The van der Waals surface area contributed by atoms with Crippen molar-refractivity contribution in [1.29, 1.82) is 0 Å². The van der Waals surface area contributed by atoms with E-state index in [0.717, 1.165) is 43.0 Å². The Morgan fingerprint density at radius 2 is 1.73 bits per heavy atom. The highest BCUT2D eigenvalue weighted by molar-refractivity contribution is 7.98. The molecule has 4 nitrogen and oxygen atoms in total. The number of rotatable bonds is 5. The molecule has 0 unspecified atom stereocenters. The van der Waals surface area contributed by atoms with E-state index in [0.29, 0.717) is 0 Å². The molecule has 0 aliphatic rings. The molecule has 0 fully saturated rings. The molecule has 0 bridgehead atoms. The van der Waals surface area contributed by atoms with Crippen LogP contribution in [0.1, 0.15) is 10.6 Å². The lowest BCUT2D eigenvalue weighted by atomic mass is 10.1. The number of nitrogens with zero attached hydrogens (tertiary/aromatic N) is 3. The van der Waals surface area contributed by atoms with Gasteiger partial charge in [0.05, 0.1) is 16.8 Å². The first kappa shape index (κ1) is 19.0. The van der Waals surface area contributed by atoms with Crippen molar-refractivity contribution in [3.05, 3.63) is 77.3 Å². The van der Waals surface area contributed by atoms with E-state index in [2.05, 4.69) is 52.7 Å². The molecular weight excluding hydrogens is 410 g/mol. The highest BCUT2D eigenvalue weighted by Crippen LogP contribution is 2.37. The van der Waals surface area contributed by atoms with Gasteiger partial charge in [-0.15, -0.1) is 21.5 Å². The summed E-state index contributed by atoms with van der Waals surface area (Å²) in [7, 11) is 1.67. The predicted molar refractivity (Wildman–Crippen MR) is 125 cm³/mol. The van der Waals surface area contributed by atoms with Gasteiger partial charge in [-0.3, -0.25) is 0 Å². The molecule has 30 heavy (non-hydrogen) atoms. The molecule has 3 aromatic carbocycles. The van der Waals surface area contributed by atoms with E-state index in [1.165, 1.54) is 16.3 Å². The van der Waals surface area contributed by atoms with E-state index in [1.54, 1.807) is 30.2 Å². The lowest BCUT2D eigenvalue weighted by Gasteiger charge is -2.08. The van der Waals surface area contributed by atoms with Crippen LogP contribution in [-0.2, 0) is 5.75 Å². The van der Waals surface area contributed by atoms with E-state index >= 15 is 0 Å². The van der Waals surface area contributed by atoms with Gasteiger partial charge in [-0.1, -0.05) is 54.2 Å². The van der Waals surface area contributed by atoms with E-state index in [-0.39, 0.29) is 0 Å². The van der Waals surface area contributed by atoms with Gasteiger partial charge < -0.3 is 4.74 Å². The molecule has 2 heterocycles. The Morgan fingerprint density at radius 3 is 2.57 bits per heavy atom. The Balaban J connectivity index is 1.51. The fourth-order valence-electron chi connectivity index (χ4n) is 3.52. The summed E-state index contributed by atoms with van der Waals surface area (Å²) in [6.07, 6.45) is 0. The van der Waals surface area contributed by atoms with Crippen molar-refractivity contribution in [2.45, 2.75) is 17.7 Å². The van der Waals surface area contributed by atoms with E-state index < -0.39 is 0 Å². The van der Waals surface area contributed by atoms with Crippen molar-refractivity contribution in [3.63, 3.8) is 0 Å². The molecule has 5 rings (SSSR count). The van der Waals surface area contributed by atoms with E-state index in [9.17, 15) is 0 Å². The summed E-state index contributed by atoms with van der Waals surface area (Å²) in [5.41, 5.74) is 4.11. The van der Waals surface area contributed by atoms with Crippen LogP contribution in [0.2, 0.25) is 0 Å². The molecule has 5 aromatic rings. The SMILES string of the molecule is COc1ccc(-c2nnc(SCc3cccc4ccccc34)c3nc(C)sc23)cc1. The summed E-state index contributed by atoms with van der Waals surface area (Å²) in [5.74, 6) is 1.65. The summed E-state index contributed by atoms with van der Waals surface area (Å²) >= 11 is 3.36. The first-order valence-corrected chi connectivity index (χ1v) is 11.4. The topological polar surface area (TPSA) is 47.9 Å². The van der Waals surface area contributed by atoms with Crippen molar-refractivity contribution < 1.29 is 4.74 Å². The van der Waals surface area contributed by atoms with Crippen LogP contribution < -0.4 is 4.74 Å². The number of fused-ring (bicyclic) bond motifs is 2. The smallest absolute Gasteiger partial charge is 0.146 e. The first-order valence-electron chi connectivity index (χ1n) is 9.60. The molecule has 0 atom stereocenters. The highest BCUT2D eigenvalue weighted by Gasteiger charge is 2.16. The van der Waals surface area contributed by atoms with Crippen LogP contribution in [0.25, 0.3) is 32.2 Å². The van der Waals surface area contributed by atoms with Crippen molar-refractivity contribution in [1.82, 2.24) is 15.2 Å². The van der Waals surface area contributed by atoms with Gasteiger partial charge >= 0.3 is 0 Å². The molecule has 2 aromatic heterocycles. The number of thiazole rings is 1. The first-order chi connectivity index (χ1) is 14.7. The van der Waals surface area contributed by atoms with Gasteiger partial charge in [0.1, 0.15) is 22.0 Å². The zero-order chi connectivity index (χ0) is 20.5. The fourth-order valence-corrected chi connectivity index (χ4v) is 5.44. The standard InChI is InChI=1S/C24H19N3OS2/c1-15-25-22-23(30-15)21(17-10-12-19(28-2)13-11-17)26-27-24(22)29-14-18-8-5-7-16-6-3-4-9-20(16)18/h3-13H,14H2,1-2H3. The Labute approximate surface area is 183 Å². The third-order valence-electron chi connectivity index (χ3n) is 5.00. The van der Waals surface area contributed by atoms with Gasteiger partial charge in [-0.2, -0.15) is 0 Å². The molecule has 0 amide bonds. The Bertz CT molecular complexity index is 1340. The molecule has 0 saturated carbocycles. The number of hydrogen-bond acceptors (Lipinski definition) is 6. The monoisotopic (exact) mass is 429 g/mol. The lowest BCUT2D eigenvalue weighted by Crippen LogP contribution is -1.93. The van der Waals surface area contributed by atoms with Gasteiger partial charge in [-0.05, 0) is 47.5 Å². The summed E-state index contributed by atoms with van der Waals surface area (Å²) in [6, 6.07) is 22.8. The number of aromatic nitrogens is 3. The number of thioether (sulfide) groups is 1. The molecule has 148 valence electrons. The minimum atomic E-state index is 0.823. The minimum absolute atomic E-state index is 0.823. The third-order valence-corrected chi connectivity index (χ3v) is 6.98. The van der Waals surface area contributed by atoms with E-state index in [4.69, 9.17) is 9.72 Å². The van der Waals surface area contributed by atoms with Crippen molar-refractivity contribution in [3.8, 4) is 17.0 Å². The van der Waals surface area contributed by atoms with Crippen LogP contribution in [-0.4, -0.2) is 22.3 Å². The van der Waals surface area contributed by atoms with Gasteiger partial charge in [0.15, 0.2) is 0 Å². The zero-order valence-corrected chi connectivity index (χ0v) is 18.3. The van der Waals surface area contributed by atoms with Crippen LogP contribution in [0.4, 0.5) is 0 Å². The Morgan fingerprint density at radius 1 is 0.933 bits per heavy atom. The van der Waals surface area contributed by atoms with Crippen LogP contribution in [0.5, 0.6) is 5.75 Å². The van der Waals surface area contributed by atoms with Crippen LogP contribution in [0.3, 0.4) is 0 Å².